The molecule has 0 radical (unpaired) electrons. The Morgan fingerprint density at radius 2 is 2.09 bits per heavy atom. The zero-order chi connectivity index (χ0) is 16.4. The fourth-order valence-corrected chi connectivity index (χ4v) is 3.66. The molecular weight excluding hydrogens is 292 g/mol. The second kappa shape index (κ2) is 6.72. The lowest BCUT2D eigenvalue weighted by molar-refractivity contribution is -0.135. The molecule has 1 saturated heterocycles. The van der Waals surface area contributed by atoms with Crippen LogP contribution in [-0.2, 0) is 17.8 Å². The SMILES string of the molecule is CCCN(C)C(=O)c1ncn2c1CCC(C(=O)N1CCCC1)C2. The highest BCUT2D eigenvalue weighted by Crippen LogP contribution is 2.25. The first-order valence-corrected chi connectivity index (χ1v) is 8.70. The highest BCUT2D eigenvalue weighted by Gasteiger charge is 2.32. The van der Waals surface area contributed by atoms with E-state index in [0.29, 0.717) is 12.2 Å². The van der Waals surface area contributed by atoms with Crippen LogP contribution in [0.1, 0.15) is 48.8 Å². The number of fused-ring (bicyclic) bond motifs is 1. The minimum Gasteiger partial charge on any atom is -0.342 e. The van der Waals surface area contributed by atoms with Crippen LogP contribution in [0.4, 0.5) is 0 Å². The van der Waals surface area contributed by atoms with Gasteiger partial charge in [-0.1, -0.05) is 6.92 Å². The van der Waals surface area contributed by atoms with Gasteiger partial charge in [0.25, 0.3) is 5.91 Å². The zero-order valence-electron chi connectivity index (χ0n) is 14.1. The van der Waals surface area contributed by atoms with Gasteiger partial charge in [0.05, 0.1) is 17.9 Å². The van der Waals surface area contributed by atoms with Crippen molar-refractivity contribution in [2.24, 2.45) is 5.92 Å². The first kappa shape index (κ1) is 16.0. The van der Waals surface area contributed by atoms with Crippen molar-refractivity contribution in [3.8, 4) is 0 Å². The van der Waals surface area contributed by atoms with Gasteiger partial charge in [-0.05, 0) is 32.1 Å². The molecule has 6 heteroatoms. The van der Waals surface area contributed by atoms with Crippen molar-refractivity contribution < 1.29 is 9.59 Å². The third-order valence-electron chi connectivity index (χ3n) is 4.97. The third-order valence-corrected chi connectivity index (χ3v) is 4.97. The predicted octanol–water partition coefficient (Wildman–Crippen LogP) is 1.55. The van der Waals surface area contributed by atoms with E-state index < -0.39 is 0 Å². The lowest BCUT2D eigenvalue weighted by Crippen LogP contribution is -2.38. The van der Waals surface area contributed by atoms with Crippen LogP contribution in [0.15, 0.2) is 6.33 Å². The van der Waals surface area contributed by atoms with Crippen molar-refractivity contribution in [1.29, 1.82) is 0 Å². The molecule has 23 heavy (non-hydrogen) atoms. The second-order valence-corrected chi connectivity index (χ2v) is 6.69. The normalized spacial score (nSPS) is 20.4. The summed E-state index contributed by atoms with van der Waals surface area (Å²) in [5, 5.41) is 0. The quantitative estimate of drug-likeness (QED) is 0.846. The first-order chi connectivity index (χ1) is 11.1. The van der Waals surface area contributed by atoms with Gasteiger partial charge in [0.1, 0.15) is 5.69 Å². The fraction of sp³-hybridized carbons (Fsp3) is 0.706. The molecule has 1 fully saturated rings. The molecule has 0 aliphatic carbocycles. The van der Waals surface area contributed by atoms with Gasteiger partial charge in [-0.2, -0.15) is 0 Å². The average Bonchev–Trinajstić information content (AvgIpc) is 3.22. The van der Waals surface area contributed by atoms with Crippen LogP contribution in [0.3, 0.4) is 0 Å². The van der Waals surface area contributed by atoms with Crippen LogP contribution >= 0.6 is 0 Å². The Hall–Kier alpha value is -1.85. The number of imidazole rings is 1. The molecule has 2 aliphatic heterocycles. The van der Waals surface area contributed by atoms with Crippen LogP contribution in [-0.4, -0.2) is 57.8 Å². The van der Waals surface area contributed by atoms with E-state index in [1.54, 1.807) is 11.2 Å². The number of likely N-dealkylation sites (tertiary alicyclic amines) is 1. The van der Waals surface area contributed by atoms with Gasteiger partial charge in [-0.15, -0.1) is 0 Å². The maximum Gasteiger partial charge on any atom is 0.274 e. The molecule has 1 aromatic heterocycles. The maximum atomic E-state index is 12.6. The number of rotatable bonds is 4. The van der Waals surface area contributed by atoms with Gasteiger partial charge in [0.15, 0.2) is 0 Å². The van der Waals surface area contributed by atoms with Crippen LogP contribution in [0.25, 0.3) is 0 Å². The van der Waals surface area contributed by atoms with Gasteiger partial charge in [0.2, 0.25) is 5.91 Å². The smallest absolute Gasteiger partial charge is 0.274 e. The Morgan fingerprint density at radius 1 is 1.35 bits per heavy atom. The molecule has 126 valence electrons. The molecule has 3 rings (SSSR count). The van der Waals surface area contributed by atoms with E-state index in [4.69, 9.17) is 0 Å². The first-order valence-electron chi connectivity index (χ1n) is 8.70. The van der Waals surface area contributed by atoms with Crippen molar-refractivity contribution in [3.05, 3.63) is 17.7 Å². The minimum atomic E-state index is -0.00933. The van der Waals surface area contributed by atoms with E-state index >= 15 is 0 Å². The largest absolute Gasteiger partial charge is 0.342 e. The van der Waals surface area contributed by atoms with E-state index in [2.05, 4.69) is 11.9 Å². The predicted molar refractivity (Wildman–Crippen MR) is 87.1 cm³/mol. The number of carbonyl (C=O) groups excluding carboxylic acids is 2. The Bertz CT molecular complexity index is 589. The van der Waals surface area contributed by atoms with Crippen molar-refractivity contribution in [1.82, 2.24) is 19.4 Å². The van der Waals surface area contributed by atoms with Crippen LogP contribution < -0.4 is 0 Å². The summed E-state index contributed by atoms with van der Waals surface area (Å²) in [5.41, 5.74) is 1.55. The van der Waals surface area contributed by atoms with Crippen LogP contribution in [0.5, 0.6) is 0 Å². The summed E-state index contributed by atoms with van der Waals surface area (Å²) in [6.07, 6.45) is 6.48. The lowest BCUT2D eigenvalue weighted by Gasteiger charge is -2.28. The number of hydrogen-bond donors (Lipinski definition) is 0. The maximum absolute atomic E-state index is 12.6. The summed E-state index contributed by atoms with van der Waals surface area (Å²) < 4.78 is 2.01. The second-order valence-electron chi connectivity index (χ2n) is 6.69. The Morgan fingerprint density at radius 3 is 2.78 bits per heavy atom. The topological polar surface area (TPSA) is 58.4 Å². The van der Waals surface area contributed by atoms with Crippen LogP contribution in [0.2, 0.25) is 0 Å². The number of hydrogen-bond acceptors (Lipinski definition) is 3. The van der Waals surface area contributed by atoms with Gasteiger partial charge in [0, 0.05) is 33.2 Å². The molecule has 0 bridgehead atoms. The summed E-state index contributed by atoms with van der Waals surface area (Å²) in [4.78, 5) is 33.1. The summed E-state index contributed by atoms with van der Waals surface area (Å²) in [6, 6.07) is 0. The number of carbonyl (C=O) groups is 2. The molecule has 0 N–H and O–H groups in total. The molecule has 0 saturated carbocycles. The lowest BCUT2D eigenvalue weighted by atomic mass is 9.95. The molecule has 2 aliphatic rings. The highest BCUT2D eigenvalue weighted by molar-refractivity contribution is 5.93. The molecule has 1 aromatic rings. The molecule has 6 nitrogen and oxygen atoms in total. The number of nitrogens with zero attached hydrogens (tertiary/aromatic N) is 4. The molecule has 0 aromatic carbocycles. The van der Waals surface area contributed by atoms with Crippen molar-refractivity contribution in [2.45, 2.75) is 45.6 Å². The highest BCUT2D eigenvalue weighted by atomic mass is 16.2. The molecule has 1 unspecified atom stereocenters. The van der Waals surface area contributed by atoms with Crippen LogP contribution in [0, 0.1) is 5.92 Å². The van der Waals surface area contributed by atoms with Crippen molar-refractivity contribution >= 4 is 11.8 Å². The molecule has 2 amide bonds. The summed E-state index contributed by atoms with van der Waals surface area (Å²) in [6.45, 7) is 5.25. The monoisotopic (exact) mass is 318 g/mol. The molecular formula is C17H26N4O2. The Kier molecular flexibility index (Phi) is 4.68. The van der Waals surface area contributed by atoms with Crippen molar-refractivity contribution in [2.75, 3.05) is 26.7 Å². The fourth-order valence-electron chi connectivity index (χ4n) is 3.66. The van der Waals surface area contributed by atoms with Crippen molar-refractivity contribution in [3.63, 3.8) is 0 Å². The summed E-state index contributed by atoms with van der Waals surface area (Å²) >= 11 is 0. The third kappa shape index (κ3) is 3.12. The van der Waals surface area contributed by atoms with E-state index in [9.17, 15) is 9.59 Å². The summed E-state index contributed by atoms with van der Waals surface area (Å²) in [7, 11) is 1.82. The van der Waals surface area contributed by atoms with E-state index in [1.165, 1.54) is 0 Å². The Balaban J connectivity index is 1.71. The molecule has 3 heterocycles. The molecule has 1 atom stereocenters. The van der Waals surface area contributed by atoms with E-state index in [-0.39, 0.29) is 17.7 Å². The Labute approximate surface area is 137 Å². The number of aromatic nitrogens is 2. The van der Waals surface area contributed by atoms with Gasteiger partial charge in [-0.3, -0.25) is 9.59 Å². The summed E-state index contributed by atoms with van der Waals surface area (Å²) in [5.74, 6) is 0.300. The minimum absolute atomic E-state index is 0.00933. The van der Waals surface area contributed by atoms with E-state index in [1.807, 2.05) is 16.5 Å². The average molecular weight is 318 g/mol. The van der Waals surface area contributed by atoms with Gasteiger partial charge in [-0.25, -0.2) is 4.98 Å². The van der Waals surface area contributed by atoms with Gasteiger partial charge >= 0.3 is 0 Å². The number of amides is 2. The standard InChI is InChI=1S/C17H26N4O2/c1-3-8-19(2)17(23)15-14-7-6-13(11-21(14)12-18-15)16(22)20-9-4-5-10-20/h12-13H,3-11H2,1-2H3. The van der Waals surface area contributed by atoms with E-state index in [0.717, 1.165) is 57.4 Å². The molecule has 0 spiro atoms. The zero-order valence-corrected chi connectivity index (χ0v) is 14.1. The van der Waals surface area contributed by atoms with Gasteiger partial charge < -0.3 is 14.4 Å².